The Kier molecular flexibility index (Phi) is 9.00. The minimum Gasteiger partial charge on any atom is -0.335 e. The number of hydrogen-bond acceptors (Lipinski definition) is 4. The van der Waals surface area contributed by atoms with E-state index in [1.807, 2.05) is 0 Å². The fourth-order valence-corrected chi connectivity index (χ4v) is 1.79. The first-order valence-corrected chi connectivity index (χ1v) is 6.35. The van der Waals surface area contributed by atoms with E-state index in [2.05, 4.69) is 11.9 Å². The van der Waals surface area contributed by atoms with Gasteiger partial charge in [0.05, 0.1) is 4.92 Å². The summed E-state index contributed by atoms with van der Waals surface area (Å²) in [5.41, 5.74) is 0.766. The van der Waals surface area contributed by atoms with Gasteiger partial charge in [-0.05, 0) is 12.6 Å². The molecule has 0 fully saturated rings. The highest BCUT2D eigenvalue weighted by Gasteiger charge is 2.13. The van der Waals surface area contributed by atoms with E-state index in [1.54, 1.807) is 30.2 Å². The highest BCUT2D eigenvalue weighted by molar-refractivity contribution is 5.85. The lowest BCUT2D eigenvalue weighted by Crippen LogP contribution is -2.32. The summed E-state index contributed by atoms with van der Waals surface area (Å²) in [6, 6.07) is 6.32. The van der Waals surface area contributed by atoms with Crippen molar-refractivity contribution in [2.45, 2.75) is 13.0 Å². The highest BCUT2D eigenvalue weighted by atomic mass is 35.5. The topological polar surface area (TPSA) is 75.5 Å². The molecule has 0 unspecified atom stereocenters. The number of halogens is 1. The predicted octanol–water partition coefficient (Wildman–Crippen LogP) is 2.14. The molecule has 0 heterocycles. The maximum Gasteiger partial charge on any atom is 0.269 e. The molecule has 0 spiro atoms. The molecule has 7 heteroatoms. The van der Waals surface area contributed by atoms with E-state index in [0.29, 0.717) is 26.1 Å². The van der Waals surface area contributed by atoms with Crippen molar-refractivity contribution in [2.24, 2.45) is 0 Å². The van der Waals surface area contributed by atoms with Gasteiger partial charge in [-0.2, -0.15) is 0 Å². The molecule has 1 amide bonds. The van der Waals surface area contributed by atoms with Gasteiger partial charge in [0.1, 0.15) is 0 Å². The van der Waals surface area contributed by atoms with Crippen molar-refractivity contribution in [3.63, 3.8) is 0 Å². The average Bonchev–Trinajstić information content (AvgIpc) is 2.44. The zero-order chi connectivity index (χ0) is 15.0. The Morgan fingerprint density at radius 2 is 2.24 bits per heavy atom. The third-order valence-electron chi connectivity index (χ3n) is 2.79. The third kappa shape index (κ3) is 6.37. The number of nitro benzene ring substituents is 1. The molecule has 0 saturated carbocycles. The van der Waals surface area contributed by atoms with Gasteiger partial charge in [0.25, 0.3) is 5.69 Å². The lowest BCUT2D eigenvalue weighted by atomic mass is 10.2. The molecule has 0 saturated heterocycles. The van der Waals surface area contributed by atoms with Crippen LogP contribution in [0.1, 0.15) is 12.0 Å². The maximum absolute atomic E-state index is 12.0. The largest absolute Gasteiger partial charge is 0.335 e. The molecule has 0 aliphatic rings. The first kappa shape index (κ1) is 19.1. The Bertz CT molecular complexity index is 494. The Labute approximate surface area is 130 Å². The summed E-state index contributed by atoms with van der Waals surface area (Å²) in [5, 5.41) is 13.7. The van der Waals surface area contributed by atoms with Crippen LogP contribution in [0.5, 0.6) is 0 Å². The molecule has 1 aromatic rings. The molecule has 1 rings (SSSR count). The molecule has 0 radical (unpaired) electrons. The molecule has 116 valence electrons. The van der Waals surface area contributed by atoms with Crippen LogP contribution in [0, 0.1) is 10.1 Å². The number of nitrogens with zero attached hydrogens (tertiary/aromatic N) is 2. The van der Waals surface area contributed by atoms with Gasteiger partial charge in [-0.15, -0.1) is 19.0 Å². The number of benzene rings is 1. The van der Waals surface area contributed by atoms with Crippen molar-refractivity contribution in [3.8, 4) is 0 Å². The molecule has 1 aromatic carbocycles. The summed E-state index contributed by atoms with van der Waals surface area (Å²) in [6.07, 6.45) is 2.04. The molecule has 0 aromatic heterocycles. The number of amides is 1. The molecule has 6 nitrogen and oxygen atoms in total. The van der Waals surface area contributed by atoms with Gasteiger partial charge in [0.15, 0.2) is 0 Å². The average molecular weight is 314 g/mol. The summed E-state index contributed by atoms with van der Waals surface area (Å²) in [6.45, 7) is 5.00. The minimum absolute atomic E-state index is 0. The summed E-state index contributed by atoms with van der Waals surface area (Å²) < 4.78 is 0. The van der Waals surface area contributed by atoms with Crippen LogP contribution in [0.15, 0.2) is 36.9 Å². The SMILES string of the molecule is C=CCN(Cc1cccc([N+](=O)[O-])c1)C(=O)CCNC.Cl. The number of carbonyl (C=O) groups excluding carboxylic acids is 1. The smallest absolute Gasteiger partial charge is 0.269 e. The third-order valence-corrected chi connectivity index (χ3v) is 2.79. The highest BCUT2D eigenvalue weighted by Crippen LogP contribution is 2.15. The monoisotopic (exact) mass is 313 g/mol. The van der Waals surface area contributed by atoms with Crippen LogP contribution in [-0.2, 0) is 11.3 Å². The Balaban J connectivity index is 0.00000400. The van der Waals surface area contributed by atoms with E-state index < -0.39 is 4.92 Å². The second-order valence-corrected chi connectivity index (χ2v) is 4.34. The maximum atomic E-state index is 12.0. The summed E-state index contributed by atoms with van der Waals surface area (Å²) in [4.78, 5) is 23.9. The van der Waals surface area contributed by atoms with E-state index in [9.17, 15) is 14.9 Å². The van der Waals surface area contributed by atoms with E-state index >= 15 is 0 Å². The molecule has 0 aliphatic heterocycles. The van der Waals surface area contributed by atoms with Gasteiger partial charge in [0.2, 0.25) is 5.91 Å². The zero-order valence-electron chi connectivity index (χ0n) is 11.9. The van der Waals surface area contributed by atoms with Crippen LogP contribution in [0.4, 0.5) is 5.69 Å². The van der Waals surface area contributed by atoms with Crippen LogP contribution in [0.2, 0.25) is 0 Å². The zero-order valence-corrected chi connectivity index (χ0v) is 12.8. The fraction of sp³-hybridized carbons (Fsp3) is 0.357. The van der Waals surface area contributed by atoms with Crippen molar-refractivity contribution in [3.05, 3.63) is 52.6 Å². The number of non-ortho nitro benzene ring substituents is 1. The molecular weight excluding hydrogens is 294 g/mol. The normalized spacial score (nSPS) is 9.57. The van der Waals surface area contributed by atoms with Crippen LogP contribution in [0.3, 0.4) is 0 Å². The Hall–Kier alpha value is -1.92. The summed E-state index contributed by atoms with van der Waals surface area (Å²) in [7, 11) is 1.78. The molecule has 1 N–H and O–H groups in total. The van der Waals surface area contributed by atoms with E-state index in [4.69, 9.17) is 0 Å². The molecule has 0 bridgehead atoms. The van der Waals surface area contributed by atoms with Crippen LogP contribution < -0.4 is 5.32 Å². The summed E-state index contributed by atoms with van der Waals surface area (Å²) >= 11 is 0. The molecular formula is C14H20ClN3O3. The Morgan fingerprint density at radius 3 is 2.81 bits per heavy atom. The summed E-state index contributed by atoms with van der Waals surface area (Å²) in [5.74, 6) is -0.00856. The van der Waals surface area contributed by atoms with Gasteiger partial charge < -0.3 is 10.2 Å². The first-order valence-electron chi connectivity index (χ1n) is 6.35. The molecule has 0 atom stereocenters. The first-order chi connectivity index (χ1) is 9.58. The van der Waals surface area contributed by atoms with Crippen molar-refractivity contribution < 1.29 is 9.72 Å². The number of nitro groups is 1. The lowest BCUT2D eigenvalue weighted by Gasteiger charge is -2.21. The quantitative estimate of drug-likeness (QED) is 0.453. The van der Waals surface area contributed by atoms with Gasteiger partial charge in [-0.1, -0.05) is 18.2 Å². The lowest BCUT2D eigenvalue weighted by molar-refractivity contribution is -0.384. The van der Waals surface area contributed by atoms with Crippen LogP contribution >= 0.6 is 12.4 Å². The van der Waals surface area contributed by atoms with Crippen LogP contribution in [-0.4, -0.2) is 35.9 Å². The van der Waals surface area contributed by atoms with Crippen molar-refractivity contribution in [2.75, 3.05) is 20.1 Å². The second kappa shape index (κ2) is 9.90. The van der Waals surface area contributed by atoms with Crippen molar-refractivity contribution in [1.29, 1.82) is 0 Å². The number of hydrogen-bond donors (Lipinski definition) is 1. The van der Waals surface area contributed by atoms with E-state index in [0.717, 1.165) is 5.56 Å². The Morgan fingerprint density at radius 1 is 1.52 bits per heavy atom. The predicted molar refractivity (Wildman–Crippen MR) is 84.5 cm³/mol. The van der Waals surface area contributed by atoms with Crippen LogP contribution in [0.25, 0.3) is 0 Å². The van der Waals surface area contributed by atoms with Crippen molar-refractivity contribution in [1.82, 2.24) is 10.2 Å². The molecule has 0 aliphatic carbocycles. The molecule has 21 heavy (non-hydrogen) atoms. The number of nitrogens with one attached hydrogen (secondary N) is 1. The van der Waals surface area contributed by atoms with E-state index in [1.165, 1.54) is 12.1 Å². The van der Waals surface area contributed by atoms with Gasteiger partial charge >= 0.3 is 0 Å². The number of carbonyl (C=O) groups is 1. The van der Waals surface area contributed by atoms with Crippen molar-refractivity contribution >= 4 is 24.0 Å². The number of rotatable bonds is 8. The second-order valence-electron chi connectivity index (χ2n) is 4.34. The van der Waals surface area contributed by atoms with Gasteiger partial charge in [-0.3, -0.25) is 14.9 Å². The minimum atomic E-state index is -0.440. The fourth-order valence-electron chi connectivity index (χ4n) is 1.79. The van der Waals surface area contributed by atoms with E-state index in [-0.39, 0.29) is 24.0 Å². The van der Waals surface area contributed by atoms with Gasteiger partial charge in [0, 0.05) is 38.2 Å². The standard InChI is InChI=1S/C14H19N3O3.ClH/c1-3-9-16(14(18)7-8-15-2)11-12-5-4-6-13(10-12)17(19)20;/h3-6,10,15H,1,7-9,11H2,2H3;1H. The van der Waals surface area contributed by atoms with Gasteiger partial charge in [-0.25, -0.2) is 0 Å².